The van der Waals surface area contributed by atoms with Crippen molar-refractivity contribution in [1.29, 1.82) is 0 Å². The van der Waals surface area contributed by atoms with Gasteiger partial charge in [0.15, 0.2) is 5.76 Å². The van der Waals surface area contributed by atoms with Crippen molar-refractivity contribution < 1.29 is 9.21 Å². The number of piperazine rings is 1. The highest BCUT2D eigenvalue weighted by atomic mass is 16.3. The molecule has 4 nitrogen and oxygen atoms in total. The molecule has 0 aliphatic carbocycles. The molecule has 1 aromatic heterocycles. The summed E-state index contributed by atoms with van der Waals surface area (Å²) in [5, 5.41) is 0. The van der Waals surface area contributed by atoms with Crippen LogP contribution in [0.2, 0.25) is 0 Å². The van der Waals surface area contributed by atoms with Gasteiger partial charge in [-0.2, -0.15) is 0 Å². The Labute approximate surface area is 153 Å². The van der Waals surface area contributed by atoms with Crippen LogP contribution in [0, 0.1) is 0 Å². The van der Waals surface area contributed by atoms with Gasteiger partial charge >= 0.3 is 0 Å². The predicted molar refractivity (Wildman–Crippen MR) is 102 cm³/mol. The molecule has 0 N–H and O–H groups in total. The number of hydrogen-bond donors (Lipinski definition) is 0. The molecule has 1 amide bonds. The second-order valence-electron chi connectivity index (χ2n) is 6.61. The molecule has 0 saturated carbocycles. The summed E-state index contributed by atoms with van der Waals surface area (Å²) in [5.74, 6) is 0.414. The third kappa shape index (κ3) is 3.70. The van der Waals surface area contributed by atoms with Gasteiger partial charge in [0.05, 0.1) is 6.26 Å². The summed E-state index contributed by atoms with van der Waals surface area (Å²) < 4.78 is 5.21. The largest absolute Gasteiger partial charge is 0.459 e. The van der Waals surface area contributed by atoms with Crippen molar-refractivity contribution in [3.63, 3.8) is 0 Å². The molecule has 3 aromatic rings. The first-order valence-electron chi connectivity index (χ1n) is 8.99. The van der Waals surface area contributed by atoms with Crippen molar-refractivity contribution in [3.05, 3.63) is 84.3 Å². The Morgan fingerprint density at radius 2 is 1.50 bits per heavy atom. The summed E-state index contributed by atoms with van der Waals surface area (Å²) in [5.41, 5.74) is 3.78. The number of rotatable bonds is 4. The molecule has 0 unspecified atom stereocenters. The quantitative estimate of drug-likeness (QED) is 0.719. The van der Waals surface area contributed by atoms with Gasteiger partial charge in [-0.05, 0) is 28.8 Å². The molecule has 1 aliphatic heterocycles. The highest BCUT2D eigenvalue weighted by Crippen LogP contribution is 2.20. The number of benzene rings is 2. The predicted octanol–water partition coefficient (Wildman–Crippen LogP) is 3.90. The Morgan fingerprint density at radius 3 is 2.15 bits per heavy atom. The maximum Gasteiger partial charge on any atom is 0.289 e. The van der Waals surface area contributed by atoms with E-state index in [0.717, 1.165) is 32.7 Å². The smallest absolute Gasteiger partial charge is 0.289 e. The summed E-state index contributed by atoms with van der Waals surface area (Å²) in [6.45, 7) is 4.15. The Balaban J connectivity index is 1.32. The van der Waals surface area contributed by atoms with Crippen LogP contribution >= 0.6 is 0 Å². The molecule has 1 aliphatic rings. The first-order chi connectivity index (χ1) is 12.8. The lowest BCUT2D eigenvalue weighted by molar-refractivity contribution is 0.0598. The molecule has 2 heterocycles. The third-order valence-electron chi connectivity index (χ3n) is 4.86. The van der Waals surface area contributed by atoms with Crippen LogP contribution in [-0.2, 0) is 6.54 Å². The van der Waals surface area contributed by atoms with E-state index in [-0.39, 0.29) is 5.91 Å². The summed E-state index contributed by atoms with van der Waals surface area (Å²) in [6.07, 6.45) is 1.54. The third-order valence-corrected chi connectivity index (χ3v) is 4.86. The van der Waals surface area contributed by atoms with Crippen LogP contribution < -0.4 is 0 Å². The molecule has 132 valence electrons. The van der Waals surface area contributed by atoms with Gasteiger partial charge in [0, 0.05) is 32.7 Å². The molecule has 0 bridgehead atoms. The van der Waals surface area contributed by atoms with E-state index in [4.69, 9.17) is 4.42 Å². The number of nitrogens with zero attached hydrogens (tertiary/aromatic N) is 2. The van der Waals surface area contributed by atoms with Crippen molar-refractivity contribution >= 4 is 5.91 Å². The van der Waals surface area contributed by atoms with Crippen LogP contribution in [0.25, 0.3) is 11.1 Å². The number of hydrogen-bond acceptors (Lipinski definition) is 3. The van der Waals surface area contributed by atoms with Gasteiger partial charge in [-0.1, -0.05) is 54.6 Å². The molecule has 0 radical (unpaired) electrons. The van der Waals surface area contributed by atoms with Gasteiger partial charge in [0.1, 0.15) is 0 Å². The first-order valence-corrected chi connectivity index (χ1v) is 8.99. The molecule has 26 heavy (non-hydrogen) atoms. The highest BCUT2D eigenvalue weighted by molar-refractivity contribution is 5.91. The van der Waals surface area contributed by atoms with E-state index < -0.39 is 0 Å². The second kappa shape index (κ2) is 7.58. The number of furan rings is 1. The Hall–Kier alpha value is -2.85. The minimum absolute atomic E-state index is 0.0122. The van der Waals surface area contributed by atoms with Crippen LogP contribution in [0.4, 0.5) is 0 Å². The van der Waals surface area contributed by atoms with Gasteiger partial charge in [0.25, 0.3) is 5.91 Å². The first kappa shape index (κ1) is 16.6. The number of carbonyl (C=O) groups is 1. The average molecular weight is 346 g/mol. The van der Waals surface area contributed by atoms with E-state index in [1.807, 2.05) is 11.0 Å². The highest BCUT2D eigenvalue weighted by Gasteiger charge is 2.23. The van der Waals surface area contributed by atoms with E-state index >= 15 is 0 Å². The molecule has 1 fully saturated rings. The fourth-order valence-electron chi connectivity index (χ4n) is 3.36. The van der Waals surface area contributed by atoms with Crippen LogP contribution in [0.5, 0.6) is 0 Å². The standard InChI is InChI=1S/C22H22N2O2/c25-22(21-7-4-16-26-21)24-14-12-23(13-15-24)17-18-8-10-20(11-9-18)19-5-2-1-3-6-19/h1-11,16H,12-15,17H2. The molecule has 0 spiro atoms. The summed E-state index contributed by atoms with van der Waals surface area (Å²) in [6, 6.07) is 22.7. The molecule has 0 atom stereocenters. The molecule has 2 aromatic carbocycles. The van der Waals surface area contributed by atoms with Crippen LogP contribution in [0.15, 0.2) is 77.4 Å². The Morgan fingerprint density at radius 1 is 0.808 bits per heavy atom. The number of amides is 1. The summed E-state index contributed by atoms with van der Waals surface area (Å²) in [7, 11) is 0. The van der Waals surface area contributed by atoms with Gasteiger partial charge in [-0.3, -0.25) is 9.69 Å². The van der Waals surface area contributed by atoms with Gasteiger partial charge < -0.3 is 9.32 Å². The minimum Gasteiger partial charge on any atom is -0.459 e. The van der Waals surface area contributed by atoms with Crippen molar-refractivity contribution in [2.45, 2.75) is 6.54 Å². The van der Waals surface area contributed by atoms with Crippen molar-refractivity contribution in [2.24, 2.45) is 0 Å². The molecular formula is C22H22N2O2. The van der Waals surface area contributed by atoms with Crippen LogP contribution in [0.1, 0.15) is 16.1 Å². The SMILES string of the molecule is O=C(c1ccco1)N1CCN(Cc2ccc(-c3ccccc3)cc2)CC1. The zero-order valence-electron chi connectivity index (χ0n) is 14.7. The van der Waals surface area contributed by atoms with Crippen molar-refractivity contribution in [2.75, 3.05) is 26.2 Å². The summed E-state index contributed by atoms with van der Waals surface area (Å²) >= 11 is 0. The lowest BCUT2D eigenvalue weighted by Crippen LogP contribution is -2.48. The average Bonchev–Trinajstić information content (AvgIpc) is 3.24. The zero-order valence-corrected chi connectivity index (χ0v) is 14.7. The minimum atomic E-state index is -0.0122. The van der Waals surface area contributed by atoms with E-state index in [2.05, 4.69) is 53.4 Å². The Bertz CT molecular complexity index is 834. The zero-order chi connectivity index (χ0) is 17.8. The monoisotopic (exact) mass is 346 g/mol. The van der Waals surface area contributed by atoms with Crippen molar-refractivity contribution in [1.82, 2.24) is 9.80 Å². The second-order valence-corrected chi connectivity index (χ2v) is 6.61. The molecular weight excluding hydrogens is 324 g/mol. The van der Waals surface area contributed by atoms with Gasteiger partial charge in [-0.25, -0.2) is 0 Å². The topological polar surface area (TPSA) is 36.7 Å². The van der Waals surface area contributed by atoms with E-state index in [1.165, 1.54) is 16.7 Å². The fourth-order valence-corrected chi connectivity index (χ4v) is 3.36. The lowest BCUT2D eigenvalue weighted by atomic mass is 10.0. The normalized spacial score (nSPS) is 15.2. The van der Waals surface area contributed by atoms with Crippen molar-refractivity contribution in [3.8, 4) is 11.1 Å². The number of carbonyl (C=O) groups excluding carboxylic acids is 1. The van der Waals surface area contributed by atoms with E-state index in [0.29, 0.717) is 5.76 Å². The van der Waals surface area contributed by atoms with Gasteiger partial charge in [0.2, 0.25) is 0 Å². The maximum absolute atomic E-state index is 12.3. The lowest BCUT2D eigenvalue weighted by Gasteiger charge is -2.34. The van der Waals surface area contributed by atoms with Gasteiger partial charge in [-0.15, -0.1) is 0 Å². The Kier molecular flexibility index (Phi) is 4.84. The van der Waals surface area contributed by atoms with Crippen LogP contribution in [-0.4, -0.2) is 41.9 Å². The summed E-state index contributed by atoms with van der Waals surface area (Å²) in [4.78, 5) is 16.6. The molecule has 1 saturated heterocycles. The van der Waals surface area contributed by atoms with Crippen LogP contribution in [0.3, 0.4) is 0 Å². The van der Waals surface area contributed by atoms with E-state index in [1.54, 1.807) is 18.4 Å². The molecule has 4 heteroatoms. The maximum atomic E-state index is 12.3. The molecule has 4 rings (SSSR count). The van der Waals surface area contributed by atoms with E-state index in [9.17, 15) is 4.79 Å². The fraction of sp³-hybridized carbons (Fsp3) is 0.227.